The van der Waals surface area contributed by atoms with Gasteiger partial charge in [-0.25, -0.2) is 0 Å². The Labute approximate surface area is 86.3 Å². The summed E-state index contributed by atoms with van der Waals surface area (Å²) in [7, 11) is 1.74. The zero-order valence-corrected chi connectivity index (χ0v) is 9.36. The maximum absolute atomic E-state index is 5.51. The van der Waals surface area contributed by atoms with Crippen molar-refractivity contribution in [2.24, 2.45) is 0 Å². The van der Waals surface area contributed by atoms with Gasteiger partial charge in [-0.2, -0.15) is 0 Å². The van der Waals surface area contributed by atoms with Gasteiger partial charge in [0.05, 0.1) is 0 Å². The lowest BCUT2D eigenvalue weighted by Gasteiger charge is -2.03. The van der Waals surface area contributed by atoms with Gasteiger partial charge >= 0.3 is 0 Å². The number of rotatable bonds is 8. The third-order valence-electron chi connectivity index (χ3n) is 1.79. The molecule has 0 aromatic carbocycles. The first kappa shape index (κ1) is 12.9. The molecule has 0 aliphatic carbocycles. The molecule has 0 fully saturated rings. The Kier molecular flexibility index (Phi) is 10.00. The van der Waals surface area contributed by atoms with Gasteiger partial charge in [-0.15, -0.1) is 0 Å². The van der Waals surface area contributed by atoms with E-state index in [9.17, 15) is 0 Å². The molecule has 2 nitrogen and oxygen atoms in total. The number of nitrogens with one attached hydrogen (secondary N) is 1. The molecular weight excluding hydrogens is 186 g/mol. The molecule has 0 aromatic heterocycles. The largest absolute Gasteiger partial charge is 0.385 e. The van der Waals surface area contributed by atoms with Crippen LogP contribution in [0.2, 0.25) is 0 Å². The summed E-state index contributed by atoms with van der Waals surface area (Å²) < 4.78 is 4.96. The van der Waals surface area contributed by atoms with Gasteiger partial charge in [0.15, 0.2) is 0 Å². The second-order valence-corrected chi connectivity index (χ2v) is 3.40. The quantitative estimate of drug-likeness (QED) is 0.615. The van der Waals surface area contributed by atoms with E-state index in [0.29, 0.717) is 0 Å². The van der Waals surface area contributed by atoms with E-state index in [4.69, 9.17) is 16.3 Å². The predicted octanol–water partition coefficient (Wildman–Crippen LogP) is 2.54. The minimum atomic E-state index is 0.876. The van der Waals surface area contributed by atoms with E-state index in [1.54, 1.807) is 12.6 Å². The SMILES string of the molecule is COCCCCCNCC(C)=CCl. The summed E-state index contributed by atoms with van der Waals surface area (Å²) in [6.07, 6.45) is 3.59. The van der Waals surface area contributed by atoms with Crippen LogP contribution in [0, 0.1) is 0 Å². The van der Waals surface area contributed by atoms with Crippen molar-refractivity contribution >= 4 is 11.6 Å². The predicted molar refractivity (Wildman–Crippen MR) is 58.2 cm³/mol. The topological polar surface area (TPSA) is 21.3 Å². The lowest BCUT2D eigenvalue weighted by Crippen LogP contribution is -2.17. The maximum atomic E-state index is 5.51. The third kappa shape index (κ3) is 9.87. The number of ether oxygens (including phenoxy) is 1. The van der Waals surface area contributed by atoms with Crippen molar-refractivity contribution in [3.05, 3.63) is 11.1 Å². The van der Waals surface area contributed by atoms with Gasteiger partial charge in [0, 0.05) is 25.8 Å². The summed E-state index contributed by atoms with van der Waals surface area (Å²) >= 11 is 5.51. The van der Waals surface area contributed by atoms with Crippen LogP contribution in [-0.4, -0.2) is 26.8 Å². The zero-order valence-electron chi connectivity index (χ0n) is 8.61. The highest BCUT2D eigenvalue weighted by atomic mass is 35.5. The van der Waals surface area contributed by atoms with Crippen molar-refractivity contribution in [2.75, 3.05) is 26.8 Å². The smallest absolute Gasteiger partial charge is 0.0462 e. The molecule has 0 aliphatic heterocycles. The lowest BCUT2D eigenvalue weighted by molar-refractivity contribution is 0.192. The first-order chi connectivity index (χ1) is 6.31. The molecule has 0 unspecified atom stereocenters. The molecule has 0 saturated heterocycles. The average Bonchev–Trinajstić information content (AvgIpc) is 2.16. The van der Waals surface area contributed by atoms with Crippen LogP contribution in [0.1, 0.15) is 26.2 Å². The second kappa shape index (κ2) is 10.0. The van der Waals surface area contributed by atoms with Gasteiger partial charge in [0.1, 0.15) is 0 Å². The molecule has 0 heterocycles. The Hall–Kier alpha value is -0.0500. The van der Waals surface area contributed by atoms with Crippen LogP contribution in [0.3, 0.4) is 0 Å². The van der Waals surface area contributed by atoms with Crippen molar-refractivity contribution < 1.29 is 4.74 Å². The Bertz CT molecular complexity index is 137. The van der Waals surface area contributed by atoms with Crippen LogP contribution in [-0.2, 0) is 4.74 Å². The summed E-state index contributed by atoms with van der Waals surface area (Å²) in [6, 6.07) is 0. The molecule has 0 amide bonds. The van der Waals surface area contributed by atoms with Crippen molar-refractivity contribution in [3.63, 3.8) is 0 Å². The molecule has 0 bridgehead atoms. The van der Waals surface area contributed by atoms with Crippen LogP contribution in [0.5, 0.6) is 0 Å². The fourth-order valence-corrected chi connectivity index (χ4v) is 1.07. The molecule has 0 spiro atoms. The number of unbranched alkanes of at least 4 members (excludes halogenated alkanes) is 2. The van der Waals surface area contributed by atoms with Crippen LogP contribution in [0.15, 0.2) is 11.1 Å². The number of methoxy groups -OCH3 is 1. The fraction of sp³-hybridized carbons (Fsp3) is 0.800. The van der Waals surface area contributed by atoms with Gasteiger partial charge in [0.2, 0.25) is 0 Å². The number of hydrogen-bond acceptors (Lipinski definition) is 2. The van der Waals surface area contributed by atoms with E-state index in [-0.39, 0.29) is 0 Å². The Morgan fingerprint density at radius 2 is 2.15 bits per heavy atom. The van der Waals surface area contributed by atoms with Gasteiger partial charge in [-0.1, -0.05) is 11.6 Å². The van der Waals surface area contributed by atoms with Gasteiger partial charge in [-0.3, -0.25) is 0 Å². The average molecular weight is 206 g/mol. The Morgan fingerprint density at radius 3 is 2.77 bits per heavy atom. The molecule has 0 aliphatic rings. The molecule has 0 aromatic rings. The van der Waals surface area contributed by atoms with Gasteiger partial charge < -0.3 is 10.1 Å². The minimum absolute atomic E-state index is 0.876. The molecule has 1 N–H and O–H groups in total. The number of halogens is 1. The van der Waals surface area contributed by atoms with E-state index >= 15 is 0 Å². The van der Waals surface area contributed by atoms with Crippen molar-refractivity contribution in [2.45, 2.75) is 26.2 Å². The van der Waals surface area contributed by atoms with Crippen LogP contribution in [0.25, 0.3) is 0 Å². The zero-order chi connectivity index (χ0) is 9.94. The van der Waals surface area contributed by atoms with E-state index in [1.165, 1.54) is 18.4 Å². The highest BCUT2D eigenvalue weighted by molar-refractivity contribution is 6.25. The van der Waals surface area contributed by atoms with Crippen molar-refractivity contribution in [1.82, 2.24) is 5.32 Å². The molecule has 0 radical (unpaired) electrons. The first-order valence-corrected chi connectivity index (χ1v) is 5.20. The third-order valence-corrected chi connectivity index (χ3v) is 2.16. The Balaban J connectivity index is 3.00. The summed E-state index contributed by atoms with van der Waals surface area (Å²) in [6.45, 7) is 4.85. The molecule has 0 rings (SSSR count). The van der Waals surface area contributed by atoms with Crippen LogP contribution in [0.4, 0.5) is 0 Å². The maximum Gasteiger partial charge on any atom is 0.0462 e. The number of hydrogen-bond donors (Lipinski definition) is 1. The monoisotopic (exact) mass is 205 g/mol. The highest BCUT2D eigenvalue weighted by Crippen LogP contribution is 1.95. The minimum Gasteiger partial charge on any atom is -0.385 e. The molecule has 13 heavy (non-hydrogen) atoms. The van der Waals surface area contributed by atoms with E-state index in [1.807, 2.05) is 6.92 Å². The van der Waals surface area contributed by atoms with Crippen LogP contribution >= 0.6 is 11.6 Å². The van der Waals surface area contributed by atoms with E-state index in [2.05, 4.69) is 5.32 Å². The summed E-state index contributed by atoms with van der Waals surface area (Å²) in [5, 5.41) is 3.32. The lowest BCUT2D eigenvalue weighted by atomic mass is 10.2. The van der Waals surface area contributed by atoms with E-state index in [0.717, 1.165) is 26.1 Å². The van der Waals surface area contributed by atoms with Crippen LogP contribution < -0.4 is 5.32 Å². The molecular formula is C10H20ClNO. The Morgan fingerprint density at radius 1 is 1.38 bits per heavy atom. The highest BCUT2D eigenvalue weighted by Gasteiger charge is 1.90. The normalized spacial score (nSPS) is 12.1. The standard InChI is InChI=1S/C10H20ClNO/c1-10(8-11)9-12-6-4-3-5-7-13-2/h8,12H,3-7,9H2,1-2H3. The molecule has 0 saturated carbocycles. The van der Waals surface area contributed by atoms with Gasteiger partial charge in [-0.05, 0) is 38.3 Å². The first-order valence-electron chi connectivity index (χ1n) is 4.76. The summed E-state index contributed by atoms with van der Waals surface area (Å²) in [4.78, 5) is 0. The fourth-order valence-electron chi connectivity index (χ4n) is 0.997. The summed E-state index contributed by atoms with van der Waals surface area (Å²) in [5.74, 6) is 0. The molecule has 78 valence electrons. The molecule has 3 heteroatoms. The van der Waals surface area contributed by atoms with E-state index < -0.39 is 0 Å². The summed E-state index contributed by atoms with van der Waals surface area (Å²) in [5.41, 5.74) is 2.80. The van der Waals surface area contributed by atoms with Crippen molar-refractivity contribution in [3.8, 4) is 0 Å². The molecule has 0 atom stereocenters. The second-order valence-electron chi connectivity index (χ2n) is 3.19. The van der Waals surface area contributed by atoms with Crippen molar-refractivity contribution in [1.29, 1.82) is 0 Å². The van der Waals surface area contributed by atoms with Gasteiger partial charge in [0.25, 0.3) is 0 Å².